The van der Waals surface area contributed by atoms with Crippen molar-refractivity contribution in [2.24, 2.45) is 0 Å². The van der Waals surface area contributed by atoms with E-state index >= 15 is 0 Å². The first kappa shape index (κ1) is 15.8. The number of benzene rings is 2. The molecule has 0 amide bonds. The molecule has 0 unspecified atom stereocenters. The molecule has 0 fully saturated rings. The Hall–Kier alpha value is -3.39. The van der Waals surface area contributed by atoms with Gasteiger partial charge in [-0.05, 0) is 60.1 Å². The van der Waals surface area contributed by atoms with Gasteiger partial charge in [-0.3, -0.25) is 0 Å². The van der Waals surface area contributed by atoms with Crippen LogP contribution in [0.2, 0.25) is 0 Å². The lowest BCUT2D eigenvalue weighted by Gasteiger charge is -2.20. The standard InChI is InChI=1S/C19H14FN5OS/c20-13-1-6-16-17(9-13)24-19(23-16)22-14-2-4-15(5-3-14)26-25-8-7-18-12(11-25)10-21-27-18/h1-7,9-11H,8H2,(H2,22,23,24). The zero-order valence-electron chi connectivity index (χ0n) is 14.0. The molecule has 5 rings (SSSR count). The maximum Gasteiger partial charge on any atom is 0.205 e. The van der Waals surface area contributed by atoms with Crippen molar-refractivity contribution in [3.63, 3.8) is 0 Å². The molecule has 2 N–H and O–H groups in total. The van der Waals surface area contributed by atoms with Crippen LogP contribution in [0, 0.1) is 5.82 Å². The Morgan fingerprint density at radius 3 is 2.96 bits per heavy atom. The second-order valence-corrected chi connectivity index (χ2v) is 6.90. The number of aromatic amines is 1. The third-order valence-corrected chi connectivity index (χ3v) is 4.96. The summed E-state index contributed by atoms with van der Waals surface area (Å²) < 4.78 is 18.6. The molecule has 6 nitrogen and oxygen atoms in total. The Morgan fingerprint density at radius 1 is 1.19 bits per heavy atom. The van der Waals surface area contributed by atoms with Gasteiger partial charge in [-0.25, -0.2) is 14.4 Å². The molecule has 2 aromatic carbocycles. The number of hydroxylamine groups is 2. The molecule has 0 radical (unpaired) electrons. The number of nitrogens with one attached hydrogen (secondary N) is 2. The SMILES string of the molecule is Fc1ccc2nc(Nc3ccc(ON4C=c5cnsc5=CC4)cc3)[nH]c2c1. The van der Waals surface area contributed by atoms with E-state index in [1.807, 2.05) is 36.7 Å². The lowest BCUT2D eigenvalue weighted by molar-refractivity contribution is 0.0278. The zero-order chi connectivity index (χ0) is 18.2. The van der Waals surface area contributed by atoms with Gasteiger partial charge in [-0.2, -0.15) is 4.37 Å². The molecule has 134 valence electrons. The quantitative estimate of drug-likeness (QED) is 0.571. The maximum atomic E-state index is 13.3. The number of aromatic nitrogens is 3. The molecule has 27 heavy (non-hydrogen) atoms. The number of rotatable bonds is 4. The number of fused-ring (bicyclic) bond motifs is 2. The molecule has 0 saturated heterocycles. The molecule has 0 saturated carbocycles. The first-order chi connectivity index (χ1) is 13.2. The van der Waals surface area contributed by atoms with E-state index in [1.54, 1.807) is 11.1 Å². The van der Waals surface area contributed by atoms with Crippen LogP contribution in [0.5, 0.6) is 5.75 Å². The molecule has 3 heterocycles. The van der Waals surface area contributed by atoms with E-state index in [0.717, 1.165) is 16.7 Å². The topological polar surface area (TPSA) is 66.1 Å². The van der Waals surface area contributed by atoms with Gasteiger partial charge in [0.25, 0.3) is 0 Å². The predicted molar refractivity (Wildman–Crippen MR) is 103 cm³/mol. The molecule has 4 aromatic rings. The number of nitrogens with zero attached hydrogens (tertiary/aromatic N) is 3. The van der Waals surface area contributed by atoms with Crippen LogP contribution in [-0.4, -0.2) is 25.9 Å². The lowest BCUT2D eigenvalue weighted by Crippen LogP contribution is -2.34. The fourth-order valence-electron chi connectivity index (χ4n) is 2.86. The normalized spacial score (nSPS) is 13.0. The summed E-state index contributed by atoms with van der Waals surface area (Å²) in [5.74, 6) is 0.987. The fourth-order valence-corrected chi connectivity index (χ4v) is 3.50. The van der Waals surface area contributed by atoms with Crippen LogP contribution < -0.4 is 19.9 Å². The van der Waals surface area contributed by atoms with Crippen LogP contribution >= 0.6 is 11.5 Å². The maximum absolute atomic E-state index is 13.3. The van der Waals surface area contributed by atoms with Gasteiger partial charge in [-0.15, -0.1) is 0 Å². The Bertz CT molecular complexity index is 1230. The van der Waals surface area contributed by atoms with Gasteiger partial charge in [0.05, 0.1) is 28.3 Å². The molecule has 0 spiro atoms. The van der Waals surface area contributed by atoms with Gasteiger partial charge in [0.1, 0.15) is 5.82 Å². The number of anilines is 2. The minimum Gasteiger partial charge on any atom is -0.380 e. The molecule has 0 atom stereocenters. The summed E-state index contributed by atoms with van der Waals surface area (Å²) in [6.07, 6.45) is 5.87. The Kier molecular flexibility index (Phi) is 3.75. The number of imidazole rings is 1. The largest absolute Gasteiger partial charge is 0.380 e. The van der Waals surface area contributed by atoms with E-state index in [0.29, 0.717) is 23.5 Å². The van der Waals surface area contributed by atoms with Gasteiger partial charge < -0.3 is 15.1 Å². The fraction of sp³-hybridized carbons (Fsp3) is 0.0526. The van der Waals surface area contributed by atoms with Crippen molar-refractivity contribution in [3.05, 3.63) is 64.2 Å². The monoisotopic (exact) mass is 379 g/mol. The third-order valence-electron chi connectivity index (χ3n) is 4.15. The average molecular weight is 379 g/mol. The summed E-state index contributed by atoms with van der Waals surface area (Å²) in [7, 11) is 0. The van der Waals surface area contributed by atoms with E-state index in [4.69, 9.17) is 4.84 Å². The van der Waals surface area contributed by atoms with Gasteiger partial charge in [0.2, 0.25) is 5.95 Å². The summed E-state index contributed by atoms with van der Waals surface area (Å²) in [6, 6.07) is 12.0. The van der Waals surface area contributed by atoms with Crippen molar-refractivity contribution < 1.29 is 9.23 Å². The van der Waals surface area contributed by atoms with Crippen LogP contribution in [0.1, 0.15) is 0 Å². The summed E-state index contributed by atoms with van der Waals surface area (Å²) in [4.78, 5) is 13.3. The Morgan fingerprint density at radius 2 is 2.07 bits per heavy atom. The van der Waals surface area contributed by atoms with Crippen molar-refractivity contribution in [1.82, 2.24) is 19.4 Å². The minimum atomic E-state index is -0.295. The smallest absolute Gasteiger partial charge is 0.205 e. The highest BCUT2D eigenvalue weighted by Crippen LogP contribution is 2.22. The first-order valence-corrected chi connectivity index (χ1v) is 9.10. The van der Waals surface area contributed by atoms with E-state index in [-0.39, 0.29) is 5.82 Å². The number of H-pyrrole nitrogens is 1. The minimum absolute atomic E-state index is 0.295. The molecule has 1 aliphatic rings. The van der Waals surface area contributed by atoms with Crippen molar-refractivity contribution in [1.29, 1.82) is 0 Å². The van der Waals surface area contributed by atoms with Crippen LogP contribution in [0.3, 0.4) is 0 Å². The van der Waals surface area contributed by atoms with Gasteiger partial charge in [-0.1, -0.05) is 0 Å². The predicted octanol–water partition coefficient (Wildman–Crippen LogP) is 2.73. The van der Waals surface area contributed by atoms with Crippen molar-refractivity contribution in [3.8, 4) is 5.75 Å². The van der Waals surface area contributed by atoms with Gasteiger partial charge in [0, 0.05) is 17.1 Å². The third kappa shape index (κ3) is 3.22. The van der Waals surface area contributed by atoms with Crippen molar-refractivity contribution in [2.45, 2.75) is 0 Å². The highest BCUT2D eigenvalue weighted by Gasteiger charge is 2.08. The lowest BCUT2D eigenvalue weighted by atomic mass is 10.3. The van der Waals surface area contributed by atoms with E-state index in [2.05, 4.69) is 25.7 Å². The average Bonchev–Trinajstić information content (AvgIpc) is 3.28. The zero-order valence-corrected chi connectivity index (χ0v) is 14.8. The molecule has 8 heteroatoms. The summed E-state index contributed by atoms with van der Waals surface area (Å²) in [6.45, 7) is 0.671. The van der Waals surface area contributed by atoms with E-state index in [1.165, 1.54) is 28.2 Å². The Labute approximate surface area is 157 Å². The summed E-state index contributed by atoms with van der Waals surface area (Å²) >= 11 is 1.48. The van der Waals surface area contributed by atoms with Gasteiger partial charge >= 0.3 is 0 Å². The van der Waals surface area contributed by atoms with Crippen LogP contribution in [-0.2, 0) is 0 Å². The molecular formula is C19H14FN5OS. The molecule has 1 aliphatic heterocycles. The molecule has 0 bridgehead atoms. The second-order valence-electron chi connectivity index (χ2n) is 6.07. The highest BCUT2D eigenvalue weighted by molar-refractivity contribution is 7.03. The van der Waals surface area contributed by atoms with E-state index < -0.39 is 0 Å². The molecule has 2 aromatic heterocycles. The number of hydrogen-bond acceptors (Lipinski definition) is 6. The second kappa shape index (κ2) is 6.40. The number of hydrogen-bond donors (Lipinski definition) is 2. The van der Waals surface area contributed by atoms with Gasteiger partial charge in [0.15, 0.2) is 5.75 Å². The van der Waals surface area contributed by atoms with Crippen molar-refractivity contribution >= 4 is 46.5 Å². The van der Waals surface area contributed by atoms with Crippen LogP contribution in [0.4, 0.5) is 16.0 Å². The van der Waals surface area contributed by atoms with Crippen LogP contribution in [0.25, 0.3) is 23.3 Å². The highest BCUT2D eigenvalue weighted by atomic mass is 32.1. The summed E-state index contributed by atoms with van der Waals surface area (Å²) in [5.41, 5.74) is 2.20. The summed E-state index contributed by atoms with van der Waals surface area (Å²) in [5, 5.41) is 6.01. The number of halogens is 1. The molecular weight excluding hydrogens is 365 g/mol. The Balaban J connectivity index is 1.29. The van der Waals surface area contributed by atoms with Crippen molar-refractivity contribution in [2.75, 3.05) is 11.9 Å². The van der Waals surface area contributed by atoms with Crippen LogP contribution in [0.15, 0.2) is 48.7 Å². The molecule has 0 aliphatic carbocycles. The first-order valence-electron chi connectivity index (χ1n) is 8.33. The van der Waals surface area contributed by atoms with E-state index in [9.17, 15) is 4.39 Å².